The number of hydrogen-bond donors (Lipinski definition) is 0. The Hall–Kier alpha value is -2.02. The Morgan fingerprint density at radius 2 is 2.10 bits per heavy atom. The molecule has 4 heterocycles. The van der Waals surface area contributed by atoms with Crippen molar-refractivity contribution in [3.05, 3.63) is 17.8 Å². The number of amides is 1. The quantitative estimate of drug-likeness (QED) is 0.746. The molecule has 0 N–H and O–H groups in total. The fourth-order valence-electron chi connectivity index (χ4n) is 3.74. The summed E-state index contributed by atoms with van der Waals surface area (Å²) >= 11 is 0. The van der Waals surface area contributed by atoms with Gasteiger partial charge in [-0.3, -0.25) is 4.79 Å². The number of carbonyl (C=O) groups excluding carboxylic acids is 1. The first-order valence-corrected chi connectivity index (χ1v) is 7.20. The molecule has 0 unspecified atom stereocenters. The summed E-state index contributed by atoms with van der Waals surface area (Å²) in [5.41, 5.74) is 2.17. The lowest BCUT2D eigenvalue weighted by Crippen LogP contribution is -2.55. The van der Waals surface area contributed by atoms with Crippen LogP contribution >= 0.6 is 0 Å². The van der Waals surface area contributed by atoms with Crippen molar-refractivity contribution in [1.82, 2.24) is 29.8 Å². The van der Waals surface area contributed by atoms with Crippen molar-refractivity contribution < 1.29 is 4.79 Å². The highest BCUT2D eigenvalue weighted by molar-refractivity contribution is 6.03. The number of fused-ring (bicyclic) bond motifs is 1. The van der Waals surface area contributed by atoms with Crippen molar-refractivity contribution >= 4 is 17.1 Å². The highest BCUT2D eigenvalue weighted by Crippen LogP contribution is 2.39. The van der Waals surface area contributed by atoms with E-state index in [4.69, 9.17) is 0 Å². The minimum atomic E-state index is 0.0503. The number of aromatic nitrogens is 4. The first kappa shape index (κ1) is 12.7. The van der Waals surface area contributed by atoms with Crippen LogP contribution in [-0.2, 0) is 7.05 Å². The fraction of sp³-hybridized carbons (Fsp3) is 0.571. The molecule has 0 saturated carbocycles. The predicted octanol–water partition coefficient (Wildman–Crippen LogP) is 0.141. The van der Waals surface area contributed by atoms with Gasteiger partial charge in [-0.15, -0.1) is 5.10 Å². The van der Waals surface area contributed by atoms with Crippen LogP contribution in [0.1, 0.15) is 16.8 Å². The van der Waals surface area contributed by atoms with Crippen LogP contribution in [0.4, 0.5) is 0 Å². The van der Waals surface area contributed by atoms with Crippen molar-refractivity contribution in [3.8, 4) is 0 Å². The maximum Gasteiger partial charge on any atom is 0.256 e. The fourth-order valence-corrected chi connectivity index (χ4v) is 3.74. The number of nitrogens with zero attached hydrogens (tertiary/aromatic N) is 6. The molecule has 7 heteroatoms. The molecule has 1 amide bonds. The molecule has 0 aliphatic carbocycles. The molecule has 0 bridgehead atoms. The molecule has 2 fully saturated rings. The monoisotopic (exact) mass is 286 g/mol. The minimum Gasteiger partial charge on any atom is -0.338 e. The summed E-state index contributed by atoms with van der Waals surface area (Å²) in [6.07, 6.45) is 2.75. The van der Waals surface area contributed by atoms with Gasteiger partial charge in [0.1, 0.15) is 5.52 Å². The molecule has 2 aromatic heterocycles. The number of rotatable bonds is 1. The number of aryl methyl sites for hydroxylation is 1. The Kier molecular flexibility index (Phi) is 2.56. The Morgan fingerprint density at radius 1 is 1.29 bits per heavy atom. The number of carbonyl (C=O) groups is 1. The maximum absolute atomic E-state index is 12.8. The Balaban J connectivity index is 1.62. The Labute approximate surface area is 122 Å². The topological polar surface area (TPSA) is 67.2 Å². The van der Waals surface area contributed by atoms with Crippen molar-refractivity contribution in [2.45, 2.75) is 6.42 Å². The molecule has 0 radical (unpaired) electrons. The van der Waals surface area contributed by atoms with Gasteiger partial charge in [-0.1, -0.05) is 5.21 Å². The van der Waals surface area contributed by atoms with Gasteiger partial charge in [0.2, 0.25) is 0 Å². The first-order valence-electron chi connectivity index (χ1n) is 7.20. The number of hydrogen-bond acceptors (Lipinski definition) is 5. The molecule has 2 aromatic rings. The Bertz CT molecular complexity index is 717. The largest absolute Gasteiger partial charge is 0.338 e. The molecule has 7 nitrogen and oxygen atoms in total. The second-order valence-electron chi connectivity index (χ2n) is 6.39. The molecule has 1 spiro atoms. The second-order valence-corrected chi connectivity index (χ2v) is 6.39. The summed E-state index contributed by atoms with van der Waals surface area (Å²) in [6.45, 7) is 3.86. The van der Waals surface area contributed by atoms with E-state index in [2.05, 4.69) is 27.2 Å². The lowest BCUT2D eigenvalue weighted by molar-refractivity contribution is 0.0294. The van der Waals surface area contributed by atoms with Crippen LogP contribution in [0.15, 0.2) is 12.3 Å². The van der Waals surface area contributed by atoms with Gasteiger partial charge in [-0.05, 0) is 19.5 Å². The number of pyridine rings is 1. The van der Waals surface area contributed by atoms with E-state index in [0.29, 0.717) is 22.1 Å². The Morgan fingerprint density at radius 3 is 2.86 bits per heavy atom. The third-order valence-corrected chi connectivity index (χ3v) is 4.66. The van der Waals surface area contributed by atoms with Gasteiger partial charge in [0.25, 0.3) is 5.91 Å². The highest BCUT2D eigenvalue weighted by atomic mass is 16.2. The van der Waals surface area contributed by atoms with Crippen LogP contribution in [0, 0.1) is 5.41 Å². The molecular weight excluding hydrogens is 268 g/mol. The smallest absolute Gasteiger partial charge is 0.256 e. The van der Waals surface area contributed by atoms with Gasteiger partial charge in [-0.2, -0.15) is 0 Å². The third kappa shape index (κ3) is 1.84. The zero-order valence-electron chi connectivity index (χ0n) is 12.3. The first-order chi connectivity index (χ1) is 10.1. The van der Waals surface area contributed by atoms with Crippen LogP contribution in [-0.4, -0.2) is 68.9 Å². The lowest BCUT2D eigenvalue weighted by Gasteiger charge is -2.46. The van der Waals surface area contributed by atoms with Crippen LogP contribution in [0.3, 0.4) is 0 Å². The molecular formula is C14H18N6O. The summed E-state index contributed by atoms with van der Waals surface area (Å²) in [5, 5.41) is 8.05. The molecule has 0 aromatic carbocycles. The van der Waals surface area contributed by atoms with E-state index in [1.54, 1.807) is 24.0 Å². The summed E-state index contributed by atoms with van der Waals surface area (Å²) in [4.78, 5) is 21.3. The van der Waals surface area contributed by atoms with Crippen molar-refractivity contribution in [1.29, 1.82) is 0 Å². The van der Waals surface area contributed by atoms with Gasteiger partial charge in [0.15, 0.2) is 5.65 Å². The average molecular weight is 286 g/mol. The average Bonchev–Trinajstić information content (AvgIpc) is 3.03. The van der Waals surface area contributed by atoms with Gasteiger partial charge in [-0.25, -0.2) is 9.67 Å². The summed E-state index contributed by atoms with van der Waals surface area (Å²) in [6, 6.07) is 1.75. The number of likely N-dealkylation sites (tertiary alicyclic amines) is 2. The molecule has 4 rings (SSSR count). The summed E-state index contributed by atoms with van der Waals surface area (Å²) in [7, 11) is 3.91. The molecule has 0 atom stereocenters. The molecule has 2 aliphatic rings. The normalized spacial score (nSPS) is 21.1. The van der Waals surface area contributed by atoms with Crippen molar-refractivity contribution in [2.75, 3.05) is 33.2 Å². The van der Waals surface area contributed by atoms with Crippen LogP contribution in [0.2, 0.25) is 0 Å². The van der Waals surface area contributed by atoms with Crippen LogP contribution in [0.25, 0.3) is 11.2 Å². The molecule has 2 saturated heterocycles. The van der Waals surface area contributed by atoms with E-state index in [1.165, 1.54) is 0 Å². The van der Waals surface area contributed by atoms with Gasteiger partial charge in [0.05, 0.1) is 5.56 Å². The van der Waals surface area contributed by atoms with Crippen molar-refractivity contribution in [3.63, 3.8) is 0 Å². The zero-order valence-corrected chi connectivity index (χ0v) is 12.3. The SMILES string of the molecule is CN1CC2(CCN(C(=O)c3ccnc4c3nnn4C)C2)C1. The van der Waals surface area contributed by atoms with Crippen molar-refractivity contribution in [2.24, 2.45) is 12.5 Å². The van der Waals surface area contributed by atoms with E-state index >= 15 is 0 Å². The van der Waals surface area contributed by atoms with Gasteiger partial charge < -0.3 is 9.80 Å². The lowest BCUT2D eigenvalue weighted by atomic mass is 9.79. The van der Waals surface area contributed by atoms with Gasteiger partial charge in [0, 0.05) is 44.8 Å². The van der Waals surface area contributed by atoms with E-state index < -0.39 is 0 Å². The predicted molar refractivity (Wildman–Crippen MR) is 76.8 cm³/mol. The summed E-state index contributed by atoms with van der Waals surface area (Å²) < 4.78 is 1.60. The molecule has 110 valence electrons. The second kappa shape index (κ2) is 4.24. The van der Waals surface area contributed by atoms with Gasteiger partial charge >= 0.3 is 0 Å². The summed E-state index contributed by atoms with van der Waals surface area (Å²) in [5.74, 6) is 0.0503. The van der Waals surface area contributed by atoms with E-state index in [9.17, 15) is 4.79 Å². The molecule has 2 aliphatic heterocycles. The van der Waals surface area contributed by atoms with E-state index in [1.807, 2.05) is 4.90 Å². The minimum absolute atomic E-state index is 0.0503. The van der Waals surface area contributed by atoms with E-state index in [-0.39, 0.29) is 5.91 Å². The maximum atomic E-state index is 12.8. The molecule has 21 heavy (non-hydrogen) atoms. The van der Waals surface area contributed by atoms with Crippen LogP contribution in [0.5, 0.6) is 0 Å². The third-order valence-electron chi connectivity index (χ3n) is 4.66. The van der Waals surface area contributed by atoms with Crippen LogP contribution < -0.4 is 0 Å². The highest BCUT2D eigenvalue weighted by Gasteiger charge is 2.47. The standard InChI is InChI=1S/C14H18N6O/c1-18-7-14(8-18)4-6-20(9-14)13(21)10-3-5-15-12-11(10)16-17-19(12)2/h3,5H,4,6-9H2,1-2H3. The van der Waals surface area contributed by atoms with E-state index in [0.717, 1.165) is 32.6 Å². The zero-order chi connectivity index (χ0) is 14.6.